The van der Waals surface area contributed by atoms with E-state index in [-0.39, 0.29) is 5.78 Å². The molecule has 3 nitrogen and oxygen atoms in total. The molecule has 0 aromatic heterocycles. The Bertz CT molecular complexity index is 207. The highest BCUT2D eigenvalue weighted by Gasteiger charge is 1.93. The van der Waals surface area contributed by atoms with Crippen LogP contribution in [-0.4, -0.2) is 16.9 Å². The summed E-state index contributed by atoms with van der Waals surface area (Å²) < 4.78 is 0. The maximum absolute atomic E-state index is 10.6. The van der Waals surface area contributed by atoms with Gasteiger partial charge in [0, 0.05) is 12.5 Å². The lowest BCUT2D eigenvalue weighted by atomic mass is 10.1. The van der Waals surface area contributed by atoms with E-state index >= 15 is 0 Å². The number of carbonyl (C=O) groups is 2. The molecule has 0 aromatic rings. The highest BCUT2D eigenvalue weighted by atomic mass is 16.4. The number of carboxylic acids is 1. The molecule has 0 saturated carbocycles. The minimum absolute atomic E-state index is 0.246. The van der Waals surface area contributed by atoms with Crippen LogP contribution in [0.25, 0.3) is 0 Å². The van der Waals surface area contributed by atoms with E-state index in [1.807, 2.05) is 0 Å². The van der Waals surface area contributed by atoms with E-state index in [0.717, 1.165) is 32.1 Å². The Hall–Kier alpha value is -1.12. The normalized spacial score (nSPS) is 10.6. The first-order chi connectivity index (χ1) is 6.63. The lowest BCUT2D eigenvalue weighted by molar-refractivity contribution is -0.131. The lowest BCUT2D eigenvalue weighted by Crippen LogP contribution is -1.89. The van der Waals surface area contributed by atoms with E-state index < -0.39 is 5.97 Å². The summed E-state index contributed by atoms with van der Waals surface area (Å²) in [5, 5.41) is 8.29. The molecule has 1 N–H and O–H groups in total. The number of Topliss-reactive ketones (excluding diaryl/α,β-unsaturated/α-hetero) is 1. The van der Waals surface area contributed by atoms with Gasteiger partial charge in [0.05, 0.1) is 0 Å². The minimum atomic E-state index is -0.887. The number of aliphatic carboxylic acids is 1. The van der Waals surface area contributed by atoms with Crippen LogP contribution in [0.5, 0.6) is 0 Å². The van der Waals surface area contributed by atoms with Crippen LogP contribution in [0.2, 0.25) is 0 Å². The van der Waals surface area contributed by atoms with Crippen LogP contribution in [0.1, 0.15) is 45.4 Å². The van der Waals surface area contributed by atoms with Crippen molar-refractivity contribution < 1.29 is 14.7 Å². The first kappa shape index (κ1) is 12.9. The Kier molecular flexibility index (Phi) is 7.80. The molecule has 0 aromatic carbocycles. The van der Waals surface area contributed by atoms with Crippen molar-refractivity contribution in [3.63, 3.8) is 0 Å². The molecule has 0 amide bonds. The van der Waals surface area contributed by atoms with Gasteiger partial charge in [0.15, 0.2) is 0 Å². The molecular formula is C11H18O3. The number of allylic oxidation sites excluding steroid dienone is 1. The molecule has 80 valence electrons. The van der Waals surface area contributed by atoms with Gasteiger partial charge in [0.2, 0.25) is 0 Å². The zero-order valence-electron chi connectivity index (χ0n) is 8.66. The number of rotatable bonds is 8. The van der Waals surface area contributed by atoms with E-state index in [1.54, 1.807) is 13.0 Å². The van der Waals surface area contributed by atoms with E-state index in [9.17, 15) is 9.59 Å². The van der Waals surface area contributed by atoms with Crippen LogP contribution in [0.15, 0.2) is 12.2 Å². The Labute approximate surface area is 84.8 Å². The second kappa shape index (κ2) is 8.48. The average Bonchev–Trinajstić information content (AvgIpc) is 2.08. The van der Waals surface area contributed by atoms with Crippen molar-refractivity contribution in [3.05, 3.63) is 12.2 Å². The Morgan fingerprint density at radius 1 is 1.14 bits per heavy atom. The van der Waals surface area contributed by atoms with Crippen molar-refractivity contribution in [2.24, 2.45) is 0 Å². The van der Waals surface area contributed by atoms with Gasteiger partial charge in [-0.25, -0.2) is 4.79 Å². The number of unbranched alkanes of at least 4 members (excludes halogenated alkanes) is 4. The standard InChI is InChI=1S/C11H18O3/c1-10(12)8-6-4-2-3-5-7-9-11(13)14/h7,9H,2-6,8H2,1H3,(H,13,14). The Balaban J connectivity index is 3.14. The molecule has 0 aliphatic carbocycles. The van der Waals surface area contributed by atoms with E-state index in [4.69, 9.17) is 5.11 Å². The first-order valence-electron chi connectivity index (χ1n) is 5.02. The van der Waals surface area contributed by atoms with Crippen molar-refractivity contribution in [1.29, 1.82) is 0 Å². The molecule has 0 unspecified atom stereocenters. The quantitative estimate of drug-likeness (QED) is 0.481. The summed E-state index contributed by atoms with van der Waals surface area (Å²) in [6.45, 7) is 1.61. The Morgan fingerprint density at radius 3 is 2.36 bits per heavy atom. The summed E-state index contributed by atoms with van der Waals surface area (Å²) in [6.07, 6.45) is 8.41. The molecule has 0 radical (unpaired) electrons. The van der Waals surface area contributed by atoms with Crippen molar-refractivity contribution in [2.45, 2.75) is 45.4 Å². The molecule has 0 atom stereocenters. The van der Waals surface area contributed by atoms with Gasteiger partial charge in [-0.15, -0.1) is 0 Å². The third-order valence-corrected chi connectivity index (χ3v) is 1.91. The zero-order chi connectivity index (χ0) is 10.8. The summed E-state index contributed by atoms with van der Waals surface area (Å²) in [5.41, 5.74) is 0. The summed E-state index contributed by atoms with van der Waals surface area (Å²) in [4.78, 5) is 20.7. The van der Waals surface area contributed by atoms with Gasteiger partial charge in [-0.2, -0.15) is 0 Å². The summed E-state index contributed by atoms with van der Waals surface area (Å²) in [5.74, 6) is -0.641. The van der Waals surface area contributed by atoms with E-state index in [2.05, 4.69) is 0 Å². The third kappa shape index (κ3) is 10.9. The number of carbonyl (C=O) groups excluding carboxylic acids is 1. The number of hydrogen-bond acceptors (Lipinski definition) is 2. The maximum Gasteiger partial charge on any atom is 0.327 e. The summed E-state index contributed by atoms with van der Waals surface area (Å²) in [6, 6.07) is 0. The molecule has 0 fully saturated rings. The molecule has 0 aliphatic rings. The number of hydrogen-bond donors (Lipinski definition) is 1. The van der Waals surface area contributed by atoms with Crippen LogP contribution in [0.3, 0.4) is 0 Å². The predicted octanol–water partition coefficient (Wildman–Crippen LogP) is 2.56. The topological polar surface area (TPSA) is 54.4 Å². The second-order valence-electron chi connectivity index (χ2n) is 3.40. The minimum Gasteiger partial charge on any atom is -0.478 e. The van der Waals surface area contributed by atoms with Gasteiger partial charge in [0.25, 0.3) is 0 Å². The van der Waals surface area contributed by atoms with Crippen LogP contribution < -0.4 is 0 Å². The van der Waals surface area contributed by atoms with Crippen molar-refractivity contribution in [1.82, 2.24) is 0 Å². The fraction of sp³-hybridized carbons (Fsp3) is 0.636. The fourth-order valence-electron chi connectivity index (χ4n) is 1.17. The summed E-state index contributed by atoms with van der Waals surface area (Å²) >= 11 is 0. The molecule has 0 spiro atoms. The van der Waals surface area contributed by atoms with Gasteiger partial charge >= 0.3 is 5.97 Å². The average molecular weight is 198 g/mol. The van der Waals surface area contributed by atoms with Crippen molar-refractivity contribution in [2.75, 3.05) is 0 Å². The molecule has 0 bridgehead atoms. The maximum atomic E-state index is 10.6. The van der Waals surface area contributed by atoms with Gasteiger partial charge in [0.1, 0.15) is 5.78 Å². The molecule has 14 heavy (non-hydrogen) atoms. The molecular weight excluding hydrogens is 180 g/mol. The van der Waals surface area contributed by atoms with Gasteiger partial charge < -0.3 is 9.90 Å². The smallest absolute Gasteiger partial charge is 0.327 e. The van der Waals surface area contributed by atoms with E-state index in [0.29, 0.717) is 6.42 Å². The van der Waals surface area contributed by atoms with Gasteiger partial charge in [-0.3, -0.25) is 0 Å². The van der Waals surface area contributed by atoms with Crippen LogP contribution in [0, 0.1) is 0 Å². The fourth-order valence-corrected chi connectivity index (χ4v) is 1.17. The highest BCUT2D eigenvalue weighted by molar-refractivity contribution is 5.79. The van der Waals surface area contributed by atoms with Crippen LogP contribution in [0.4, 0.5) is 0 Å². The summed E-state index contributed by atoms with van der Waals surface area (Å²) in [7, 11) is 0. The highest BCUT2D eigenvalue weighted by Crippen LogP contribution is 2.05. The zero-order valence-corrected chi connectivity index (χ0v) is 8.66. The van der Waals surface area contributed by atoms with E-state index in [1.165, 1.54) is 6.08 Å². The largest absolute Gasteiger partial charge is 0.478 e. The predicted molar refractivity (Wildman–Crippen MR) is 55.2 cm³/mol. The lowest BCUT2D eigenvalue weighted by Gasteiger charge is -1.96. The molecule has 0 saturated heterocycles. The monoisotopic (exact) mass is 198 g/mol. The van der Waals surface area contributed by atoms with Gasteiger partial charge in [-0.1, -0.05) is 18.9 Å². The SMILES string of the molecule is CC(=O)CCCCCCC=CC(=O)O. The Morgan fingerprint density at radius 2 is 1.79 bits per heavy atom. The van der Waals surface area contributed by atoms with Crippen molar-refractivity contribution >= 4 is 11.8 Å². The molecule has 3 heteroatoms. The molecule has 0 heterocycles. The van der Waals surface area contributed by atoms with Crippen LogP contribution >= 0.6 is 0 Å². The van der Waals surface area contributed by atoms with Crippen LogP contribution in [-0.2, 0) is 9.59 Å². The molecule has 0 aliphatic heterocycles. The first-order valence-corrected chi connectivity index (χ1v) is 5.02. The van der Waals surface area contributed by atoms with Gasteiger partial charge in [-0.05, 0) is 26.2 Å². The molecule has 0 rings (SSSR count). The second-order valence-corrected chi connectivity index (χ2v) is 3.40. The number of ketones is 1. The third-order valence-electron chi connectivity index (χ3n) is 1.91. The van der Waals surface area contributed by atoms with Crippen molar-refractivity contribution in [3.8, 4) is 0 Å². The number of carboxylic acid groups (broad SMARTS) is 1.